The van der Waals surface area contributed by atoms with Gasteiger partial charge in [0.05, 0.1) is 60.3 Å². The molecule has 0 amide bonds. The van der Waals surface area contributed by atoms with Crippen molar-refractivity contribution in [1.29, 1.82) is 0 Å². The highest BCUT2D eigenvalue weighted by molar-refractivity contribution is 6.30. The summed E-state index contributed by atoms with van der Waals surface area (Å²) in [7, 11) is 1.62. The van der Waals surface area contributed by atoms with Crippen LogP contribution in [0.25, 0.3) is 28.1 Å². The third-order valence-electron chi connectivity index (χ3n) is 6.82. The highest BCUT2D eigenvalue weighted by atomic mass is 35.5. The highest BCUT2D eigenvalue weighted by Gasteiger charge is 2.17. The number of aromatic nitrogens is 3. The number of pyridine rings is 1. The van der Waals surface area contributed by atoms with Crippen LogP contribution in [-0.4, -0.2) is 65.9 Å². The van der Waals surface area contributed by atoms with Gasteiger partial charge in [0.15, 0.2) is 0 Å². The van der Waals surface area contributed by atoms with E-state index in [2.05, 4.69) is 31.9 Å². The monoisotopic (exact) mass is 540 g/mol. The Morgan fingerprint density at radius 2 is 1.82 bits per heavy atom. The molecule has 8 nitrogen and oxygen atoms in total. The molecule has 3 aliphatic rings. The first-order chi connectivity index (χ1) is 19.2. The fourth-order valence-electron chi connectivity index (χ4n) is 4.87. The first kappa shape index (κ1) is 25.3. The quantitative estimate of drug-likeness (QED) is 0.287. The van der Waals surface area contributed by atoms with Crippen molar-refractivity contribution in [2.24, 2.45) is 4.99 Å². The van der Waals surface area contributed by atoms with Gasteiger partial charge in [0, 0.05) is 36.5 Å². The molecule has 9 heteroatoms. The number of rotatable bonds is 7. The lowest BCUT2D eigenvalue weighted by Crippen LogP contribution is -2.38. The summed E-state index contributed by atoms with van der Waals surface area (Å²) in [6.07, 6.45) is 1.71. The predicted octanol–water partition coefficient (Wildman–Crippen LogP) is 5.16. The largest absolute Gasteiger partial charge is 0.480 e. The Morgan fingerprint density at radius 1 is 1.00 bits per heavy atom. The molecule has 2 aliphatic heterocycles. The molecule has 1 fully saturated rings. The highest BCUT2D eigenvalue weighted by Crippen LogP contribution is 2.31. The number of hydrogen-bond acceptors (Lipinski definition) is 7. The van der Waals surface area contributed by atoms with Gasteiger partial charge in [-0.15, -0.1) is 0 Å². The Labute approximate surface area is 231 Å². The van der Waals surface area contributed by atoms with Crippen LogP contribution < -0.4 is 15.4 Å². The van der Waals surface area contributed by atoms with Crippen molar-refractivity contribution < 1.29 is 9.47 Å². The summed E-state index contributed by atoms with van der Waals surface area (Å²) in [5, 5.41) is 5.03. The molecule has 2 aromatic carbocycles. The summed E-state index contributed by atoms with van der Waals surface area (Å²) in [4.78, 5) is 16.8. The summed E-state index contributed by atoms with van der Waals surface area (Å²) in [6, 6.07) is 24.0. The molecule has 1 aliphatic carbocycles. The van der Waals surface area contributed by atoms with Crippen molar-refractivity contribution in [3.05, 3.63) is 89.4 Å². The van der Waals surface area contributed by atoms with Crippen LogP contribution in [0.15, 0.2) is 84.0 Å². The summed E-state index contributed by atoms with van der Waals surface area (Å²) in [5.74, 6) is 0.513. The van der Waals surface area contributed by atoms with E-state index < -0.39 is 0 Å². The van der Waals surface area contributed by atoms with Gasteiger partial charge in [0.1, 0.15) is 5.69 Å². The van der Waals surface area contributed by atoms with Gasteiger partial charge >= 0.3 is 0 Å². The molecule has 0 unspecified atom stereocenters. The third kappa shape index (κ3) is 5.45. The molecule has 0 bridgehead atoms. The van der Waals surface area contributed by atoms with E-state index >= 15 is 0 Å². The zero-order chi connectivity index (χ0) is 26.6. The Kier molecular flexibility index (Phi) is 7.40. The standard InChI is InChI=1S/C30H29ClN6O2/c1-38-30-24(6-4-12-33-30)35-26-19-27-29(20-25(26)32-13-14-36-15-17-39-18-16-36)37(22-10-8-21(31)9-11-22)28-7-3-2-5-23(28)34-27/h2-12,19-20,35H,13-18H2,1H3. The van der Waals surface area contributed by atoms with Gasteiger partial charge in [-0.2, -0.15) is 0 Å². The number of methoxy groups -OCH3 is 1. The number of hydrogen-bond donors (Lipinski definition) is 1. The minimum Gasteiger partial charge on any atom is -0.480 e. The number of nitrogens with one attached hydrogen (secondary N) is 1. The van der Waals surface area contributed by atoms with Crippen LogP contribution in [0, 0.1) is 0 Å². The van der Waals surface area contributed by atoms with Crippen molar-refractivity contribution in [2.45, 2.75) is 0 Å². The summed E-state index contributed by atoms with van der Waals surface area (Å²) >= 11 is 6.23. The van der Waals surface area contributed by atoms with Crippen molar-refractivity contribution in [3.8, 4) is 23.0 Å². The average molecular weight is 541 g/mol. The maximum Gasteiger partial charge on any atom is 0.237 e. The van der Waals surface area contributed by atoms with Gasteiger partial charge in [-0.1, -0.05) is 23.7 Å². The topological polar surface area (TPSA) is 76.8 Å². The molecule has 3 aromatic rings. The molecule has 39 heavy (non-hydrogen) atoms. The van der Waals surface area contributed by atoms with E-state index in [-0.39, 0.29) is 0 Å². The third-order valence-corrected chi connectivity index (χ3v) is 7.07. The number of nitrogens with zero attached hydrogens (tertiary/aromatic N) is 5. The second kappa shape index (κ2) is 11.4. The van der Waals surface area contributed by atoms with E-state index in [9.17, 15) is 0 Å². The molecule has 0 radical (unpaired) electrons. The number of fused-ring (bicyclic) bond motifs is 2. The van der Waals surface area contributed by atoms with Crippen LogP contribution >= 0.6 is 11.6 Å². The number of anilines is 2. The minimum absolute atomic E-state index is 0.513. The number of morpholine rings is 1. The van der Waals surface area contributed by atoms with Gasteiger partial charge in [0.2, 0.25) is 5.88 Å². The zero-order valence-electron chi connectivity index (χ0n) is 21.7. The molecule has 1 N–H and O–H groups in total. The minimum atomic E-state index is 0.513. The Hall–Kier alpha value is -3.98. The van der Waals surface area contributed by atoms with Gasteiger partial charge < -0.3 is 19.4 Å². The molecule has 6 rings (SSSR count). The maximum atomic E-state index is 6.23. The van der Waals surface area contributed by atoms with Crippen molar-refractivity contribution in [1.82, 2.24) is 19.4 Å². The van der Waals surface area contributed by atoms with E-state index in [0.717, 1.165) is 77.7 Å². The van der Waals surface area contributed by atoms with Gasteiger partial charge in [-0.3, -0.25) is 9.89 Å². The zero-order valence-corrected chi connectivity index (χ0v) is 22.4. The molecular formula is C30H29ClN6O2. The fourth-order valence-corrected chi connectivity index (χ4v) is 5.00. The lowest BCUT2D eigenvalue weighted by molar-refractivity contribution is 0.0394. The summed E-state index contributed by atoms with van der Waals surface area (Å²) in [6.45, 7) is 4.92. The van der Waals surface area contributed by atoms with Crippen LogP contribution in [0.5, 0.6) is 5.88 Å². The second-order valence-electron chi connectivity index (χ2n) is 9.29. The maximum absolute atomic E-state index is 6.23. The smallest absolute Gasteiger partial charge is 0.237 e. The Bertz CT molecular complexity index is 1630. The second-order valence-corrected chi connectivity index (χ2v) is 9.73. The first-order valence-electron chi connectivity index (χ1n) is 13.0. The van der Waals surface area contributed by atoms with Crippen LogP contribution in [-0.2, 0) is 4.74 Å². The van der Waals surface area contributed by atoms with E-state index in [0.29, 0.717) is 17.4 Å². The van der Waals surface area contributed by atoms with E-state index in [4.69, 9.17) is 31.1 Å². The van der Waals surface area contributed by atoms with Gasteiger partial charge in [-0.25, -0.2) is 9.97 Å². The van der Waals surface area contributed by atoms with Crippen molar-refractivity contribution in [2.75, 3.05) is 51.8 Å². The predicted molar refractivity (Wildman–Crippen MR) is 154 cm³/mol. The van der Waals surface area contributed by atoms with E-state index in [1.165, 1.54) is 0 Å². The van der Waals surface area contributed by atoms with E-state index in [1.54, 1.807) is 13.3 Å². The van der Waals surface area contributed by atoms with E-state index in [1.807, 2.05) is 60.7 Å². The molecule has 0 saturated carbocycles. The molecule has 0 atom stereocenters. The molecular weight excluding hydrogens is 512 g/mol. The SMILES string of the molecule is COc1ncccc1Nc1cc2nc3ccccc3n(-c3ccc(Cl)cc3)c-2cc1=NCCN1CCOCC1. The average Bonchev–Trinajstić information content (AvgIpc) is 2.98. The summed E-state index contributed by atoms with van der Waals surface area (Å²) < 4.78 is 13.2. The molecule has 3 heterocycles. The Balaban J connectivity index is 1.53. The number of para-hydroxylation sites is 2. The first-order valence-corrected chi connectivity index (χ1v) is 13.4. The van der Waals surface area contributed by atoms with Crippen molar-refractivity contribution >= 4 is 34.0 Å². The number of ether oxygens (including phenoxy) is 2. The lowest BCUT2D eigenvalue weighted by atomic mass is 10.1. The lowest BCUT2D eigenvalue weighted by Gasteiger charge is -2.25. The summed E-state index contributed by atoms with van der Waals surface area (Å²) in [5.41, 5.74) is 6.27. The molecule has 1 aromatic heterocycles. The normalized spacial score (nSPS) is 14.7. The van der Waals surface area contributed by atoms with Crippen LogP contribution in [0.2, 0.25) is 5.02 Å². The molecule has 1 saturated heterocycles. The van der Waals surface area contributed by atoms with Crippen LogP contribution in [0.4, 0.5) is 11.4 Å². The van der Waals surface area contributed by atoms with Crippen molar-refractivity contribution in [3.63, 3.8) is 0 Å². The molecule has 198 valence electrons. The van der Waals surface area contributed by atoms with Gasteiger partial charge in [-0.05, 0) is 60.7 Å². The van der Waals surface area contributed by atoms with Crippen LogP contribution in [0.3, 0.4) is 0 Å². The van der Waals surface area contributed by atoms with Gasteiger partial charge in [0.25, 0.3) is 0 Å². The molecule has 0 spiro atoms. The Morgan fingerprint density at radius 3 is 2.64 bits per heavy atom. The number of halogens is 1. The number of benzene rings is 3. The fraction of sp³-hybridized carbons (Fsp3) is 0.233. The van der Waals surface area contributed by atoms with Crippen LogP contribution in [0.1, 0.15) is 0 Å².